The number of esters is 1. The summed E-state index contributed by atoms with van der Waals surface area (Å²) in [6.07, 6.45) is 0.618. The van der Waals surface area contributed by atoms with Crippen molar-refractivity contribution in [1.82, 2.24) is 10.6 Å². The lowest BCUT2D eigenvalue weighted by Gasteiger charge is -2.24. The number of hydrogen-bond acceptors (Lipinski definition) is 6. The van der Waals surface area contributed by atoms with E-state index in [1.807, 2.05) is 44.2 Å². The SMILES string of the molecule is COC(=O)[C@H](Cc1ccccc1)NC(=O)[C@H](CC(C)C)NC(=O)[C@@H](N)CO. The molecule has 8 heteroatoms. The summed E-state index contributed by atoms with van der Waals surface area (Å²) in [6.45, 7) is 3.28. The molecule has 5 N–H and O–H groups in total. The lowest BCUT2D eigenvalue weighted by Crippen LogP contribution is -2.55. The quantitative estimate of drug-likeness (QED) is 0.414. The molecule has 0 saturated carbocycles. The highest BCUT2D eigenvalue weighted by atomic mass is 16.5. The average Bonchev–Trinajstić information content (AvgIpc) is 2.65. The van der Waals surface area contributed by atoms with Crippen LogP contribution in [0.15, 0.2) is 30.3 Å². The van der Waals surface area contributed by atoms with Crippen molar-refractivity contribution >= 4 is 17.8 Å². The Morgan fingerprint density at radius 1 is 1.07 bits per heavy atom. The number of nitrogens with one attached hydrogen (secondary N) is 2. The van der Waals surface area contributed by atoms with Gasteiger partial charge in [-0.15, -0.1) is 0 Å². The van der Waals surface area contributed by atoms with Gasteiger partial charge in [0.25, 0.3) is 0 Å². The van der Waals surface area contributed by atoms with Crippen LogP contribution >= 0.6 is 0 Å². The first-order valence-corrected chi connectivity index (χ1v) is 8.87. The van der Waals surface area contributed by atoms with Crippen molar-refractivity contribution in [1.29, 1.82) is 0 Å². The highest BCUT2D eigenvalue weighted by Gasteiger charge is 2.29. The summed E-state index contributed by atoms with van der Waals surface area (Å²) >= 11 is 0. The van der Waals surface area contributed by atoms with E-state index in [4.69, 9.17) is 15.6 Å². The predicted octanol–water partition coefficient (Wildman–Crippen LogP) is -0.263. The first-order chi connectivity index (χ1) is 12.8. The largest absolute Gasteiger partial charge is 0.467 e. The van der Waals surface area contributed by atoms with Crippen molar-refractivity contribution < 1.29 is 24.2 Å². The van der Waals surface area contributed by atoms with Gasteiger partial charge in [-0.25, -0.2) is 4.79 Å². The van der Waals surface area contributed by atoms with Crippen molar-refractivity contribution in [2.45, 2.75) is 44.8 Å². The van der Waals surface area contributed by atoms with Gasteiger partial charge < -0.3 is 26.2 Å². The van der Waals surface area contributed by atoms with Crippen molar-refractivity contribution in [2.75, 3.05) is 13.7 Å². The van der Waals surface area contributed by atoms with Gasteiger partial charge in [0.15, 0.2) is 0 Å². The summed E-state index contributed by atoms with van der Waals surface area (Å²) in [7, 11) is 1.25. The Hall–Kier alpha value is -2.45. The Labute approximate surface area is 159 Å². The highest BCUT2D eigenvalue weighted by molar-refractivity contribution is 5.92. The van der Waals surface area contributed by atoms with E-state index in [9.17, 15) is 14.4 Å². The van der Waals surface area contributed by atoms with E-state index in [1.165, 1.54) is 7.11 Å². The van der Waals surface area contributed by atoms with Gasteiger partial charge >= 0.3 is 5.97 Å². The second kappa shape index (κ2) is 11.3. The van der Waals surface area contributed by atoms with Crippen LogP contribution in [0.5, 0.6) is 0 Å². The number of methoxy groups -OCH3 is 1. The molecule has 27 heavy (non-hydrogen) atoms. The molecule has 0 fully saturated rings. The Bertz CT molecular complexity index is 621. The third-order valence-corrected chi connectivity index (χ3v) is 3.96. The van der Waals surface area contributed by atoms with Crippen molar-refractivity contribution in [3.8, 4) is 0 Å². The van der Waals surface area contributed by atoms with Crippen LogP contribution in [-0.4, -0.2) is 54.7 Å². The molecule has 3 atom stereocenters. The third-order valence-electron chi connectivity index (χ3n) is 3.96. The fraction of sp³-hybridized carbons (Fsp3) is 0.526. The van der Waals surface area contributed by atoms with E-state index >= 15 is 0 Å². The van der Waals surface area contributed by atoms with E-state index in [-0.39, 0.29) is 12.3 Å². The predicted molar refractivity (Wildman–Crippen MR) is 101 cm³/mol. The summed E-state index contributed by atoms with van der Waals surface area (Å²) in [5.41, 5.74) is 6.36. The van der Waals surface area contributed by atoms with Crippen molar-refractivity contribution in [2.24, 2.45) is 11.7 Å². The summed E-state index contributed by atoms with van der Waals surface area (Å²) in [4.78, 5) is 36.8. The Morgan fingerprint density at radius 2 is 1.67 bits per heavy atom. The minimum Gasteiger partial charge on any atom is -0.467 e. The molecule has 0 aliphatic rings. The molecule has 1 aromatic rings. The molecule has 0 bridgehead atoms. The van der Waals surface area contributed by atoms with Gasteiger partial charge in [0, 0.05) is 6.42 Å². The molecule has 150 valence electrons. The number of benzene rings is 1. The summed E-state index contributed by atoms with van der Waals surface area (Å²) in [5, 5.41) is 14.2. The molecule has 1 rings (SSSR count). The zero-order valence-corrected chi connectivity index (χ0v) is 16.0. The molecular formula is C19H29N3O5. The van der Waals surface area contributed by atoms with Crippen molar-refractivity contribution in [3.05, 3.63) is 35.9 Å². The summed E-state index contributed by atoms with van der Waals surface area (Å²) in [6, 6.07) is 6.33. The van der Waals surface area contributed by atoms with Crippen LogP contribution < -0.4 is 16.4 Å². The molecule has 0 radical (unpaired) electrons. The molecule has 0 heterocycles. The number of carbonyl (C=O) groups excluding carboxylic acids is 3. The fourth-order valence-corrected chi connectivity index (χ4v) is 2.52. The number of amides is 2. The number of carbonyl (C=O) groups is 3. The van der Waals surface area contributed by atoms with Crippen LogP contribution in [0.4, 0.5) is 0 Å². The monoisotopic (exact) mass is 379 g/mol. The fourth-order valence-electron chi connectivity index (χ4n) is 2.52. The number of rotatable bonds is 10. The second-order valence-corrected chi connectivity index (χ2v) is 6.75. The van der Waals surface area contributed by atoms with Crippen LogP contribution in [-0.2, 0) is 25.5 Å². The third kappa shape index (κ3) is 7.76. The maximum Gasteiger partial charge on any atom is 0.328 e. The maximum absolute atomic E-state index is 12.7. The second-order valence-electron chi connectivity index (χ2n) is 6.75. The smallest absolute Gasteiger partial charge is 0.328 e. The first-order valence-electron chi connectivity index (χ1n) is 8.87. The van der Waals surface area contributed by atoms with Crippen LogP contribution in [0.25, 0.3) is 0 Å². The van der Waals surface area contributed by atoms with Gasteiger partial charge in [0.2, 0.25) is 11.8 Å². The molecule has 0 saturated heterocycles. The Kier molecular flexibility index (Phi) is 9.46. The minimum absolute atomic E-state index is 0.108. The average molecular weight is 379 g/mol. The first kappa shape index (κ1) is 22.6. The lowest BCUT2D eigenvalue weighted by atomic mass is 10.0. The van der Waals surface area contributed by atoms with Gasteiger partial charge in [0.1, 0.15) is 18.1 Å². The normalized spacial score (nSPS) is 14.1. The number of aliphatic hydroxyl groups is 1. The van der Waals surface area contributed by atoms with E-state index in [1.54, 1.807) is 0 Å². The molecule has 8 nitrogen and oxygen atoms in total. The van der Waals surface area contributed by atoms with Gasteiger partial charge in [-0.1, -0.05) is 44.2 Å². The number of ether oxygens (including phenoxy) is 1. The van der Waals surface area contributed by atoms with E-state index < -0.39 is 42.5 Å². The zero-order chi connectivity index (χ0) is 20.4. The zero-order valence-electron chi connectivity index (χ0n) is 16.0. The highest BCUT2D eigenvalue weighted by Crippen LogP contribution is 2.08. The molecule has 1 aromatic carbocycles. The molecule has 0 aromatic heterocycles. The lowest BCUT2D eigenvalue weighted by molar-refractivity contribution is -0.145. The minimum atomic E-state index is -1.12. The Balaban J connectivity index is 2.89. The molecule has 0 unspecified atom stereocenters. The maximum atomic E-state index is 12.7. The molecule has 0 aliphatic heterocycles. The van der Waals surface area contributed by atoms with Gasteiger partial charge in [0.05, 0.1) is 13.7 Å². The van der Waals surface area contributed by atoms with E-state index in [0.717, 1.165) is 5.56 Å². The van der Waals surface area contributed by atoms with Crippen LogP contribution in [0.2, 0.25) is 0 Å². The molecule has 0 spiro atoms. The number of aliphatic hydroxyl groups excluding tert-OH is 1. The number of nitrogens with two attached hydrogens (primary N) is 1. The summed E-state index contributed by atoms with van der Waals surface area (Å²) in [5.74, 6) is -1.60. The molecular weight excluding hydrogens is 350 g/mol. The standard InChI is InChI=1S/C19H29N3O5/c1-12(2)9-15(21-17(24)14(20)11-23)18(25)22-16(19(26)27-3)10-13-7-5-4-6-8-13/h4-8,12,14-16,23H,9-11,20H2,1-3H3,(H,21,24)(H,22,25)/t14-,15-,16-/m0/s1. The van der Waals surface area contributed by atoms with Gasteiger partial charge in [-0.2, -0.15) is 0 Å². The van der Waals surface area contributed by atoms with E-state index in [0.29, 0.717) is 6.42 Å². The molecule has 0 aliphatic carbocycles. The Morgan fingerprint density at radius 3 is 2.19 bits per heavy atom. The van der Waals surface area contributed by atoms with Crippen molar-refractivity contribution in [3.63, 3.8) is 0 Å². The van der Waals surface area contributed by atoms with Gasteiger partial charge in [-0.05, 0) is 17.9 Å². The van der Waals surface area contributed by atoms with Crippen LogP contribution in [0.1, 0.15) is 25.8 Å². The topological polar surface area (TPSA) is 131 Å². The molecule has 2 amide bonds. The van der Waals surface area contributed by atoms with E-state index in [2.05, 4.69) is 10.6 Å². The van der Waals surface area contributed by atoms with Crippen LogP contribution in [0.3, 0.4) is 0 Å². The van der Waals surface area contributed by atoms with Crippen LogP contribution in [0, 0.1) is 5.92 Å². The number of hydrogen-bond donors (Lipinski definition) is 4. The summed E-state index contributed by atoms with van der Waals surface area (Å²) < 4.78 is 4.79. The van der Waals surface area contributed by atoms with Gasteiger partial charge in [-0.3, -0.25) is 9.59 Å².